The van der Waals surface area contributed by atoms with Crippen LogP contribution in [-0.2, 0) is 44.5 Å². The zero-order valence-electron chi connectivity index (χ0n) is 27.0. The largest absolute Gasteiger partial charge is 0.468 e. The number of likely N-dealkylation sites (tertiary alicyclic amines) is 1. The molecule has 14 heteroatoms. The van der Waals surface area contributed by atoms with E-state index >= 15 is 0 Å². The van der Waals surface area contributed by atoms with Crippen molar-refractivity contribution in [3.8, 4) is 0 Å². The molecule has 47 heavy (non-hydrogen) atoms. The average molecular weight is 651 g/mol. The third-order valence-corrected chi connectivity index (χ3v) is 9.28. The highest BCUT2D eigenvalue weighted by atomic mass is 16.6. The Hall–Kier alpha value is -5.01. The van der Waals surface area contributed by atoms with Gasteiger partial charge in [-0.05, 0) is 37.8 Å². The molecule has 2 saturated heterocycles. The third kappa shape index (κ3) is 5.55. The van der Waals surface area contributed by atoms with Crippen molar-refractivity contribution >= 4 is 41.8 Å². The molecule has 5 rings (SSSR count). The second-order valence-corrected chi connectivity index (χ2v) is 11.5. The average Bonchev–Trinajstić information content (AvgIpc) is 3.49. The molecular weight excluding hydrogens is 612 g/mol. The number of cyclic esters (lactones) is 1. The van der Waals surface area contributed by atoms with Crippen LogP contribution < -0.4 is 0 Å². The number of benzene rings is 1. The van der Waals surface area contributed by atoms with E-state index in [2.05, 4.69) is 4.99 Å². The molecule has 3 heterocycles. The van der Waals surface area contributed by atoms with Gasteiger partial charge in [0.2, 0.25) is 23.6 Å². The fourth-order valence-corrected chi connectivity index (χ4v) is 7.13. The molecule has 0 aromatic heterocycles. The fourth-order valence-electron chi connectivity index (χ4n) is 7.13. The lowest BCUT2D eigenvalue weighted by atomic mass is 9.59. The molecule has 0 radical (unpaired) electrons. The molecule has 0 saturated carbocycles. The van der Waals surface area contributed by atoms with Crippen molar-refractivity contribution in [2.24, 2.45) is 22.7 Å². The topological polar surface area (TPSA) is 161 Å². The van der Waals surface area contributed by atoms with Gasteiger partial charge < -0.3 is 23.8 Å². The van der Waals surface area contributed by atoms with Gasteiger partial charge in [-0.15, -0.1) is 0 Å². The molecule has 0 N–H and O–H groups in total. The maximum atomic E-state index is 14.3. The summed E-state index contributed by atoms with van der Waals surface area (Å²) in [4.78, 5) is 88.1. The molecule has 0 spiro atoms. The summed E-state index contributed by atoms with van der Waals surface area (Å²) in [6.07, 6.45) is 0.655. The maximum absolute atomic E-state index is 14.3. The lowest BCUT2D eigenvalue weighted by Gasteiger charge is -2.50. The van der Waals surface area contributed by atoms with E-state index in [1.54, 1.807) is 26.0 Å². The number of fused-ring (bicyclic) bond motifs is 5. The normalized spacial score (nSPS) is 25.6. The molecule has 4 amide bonds. The maximum Gasteiger partial charge on any atom is 0.424 e. The number of nitrogens with zero attached hydrogens (tertiary/aromatic N) is 4. The molecule has 0 bridgehead atoms. The van der Waals surface area contributed by atoms with Crippen LogP contribution in [0, 0.1) is 17.8 Å². The summed E-state index contributed by atoms with van der Waals surface area (Å²) in [5.74, 6) is -5.76. The van der Waals surface area contributed by atoms with Crippen molar-refractivity contribution < 1.29 is 47.7 Å². The van der Waals surface area contributed by atoms with Crippen molar-refractivity contribution in [2.45, 2.75) is 45.6 Å². The number of allylic oxidation sites excluding steroid dienone is 2. The van der Waals surface area contributed by atoms with Crippen LogP contribution in [0.25, 0.3) is 0 Å². The van der Waals surface area contributed by atoms with Crippen LogP contribution in [0.4, 0.5) is 9.59 Å². The summed E-state index contributed by atoms with van der Waals surface area (Å²) in [5, 5.41) is 0. The van der Waals surface area contributed by atoms with Gasteiger partial charge in [0.05, 0.1) is 26.1 Å². The third-order valence-electron chi connectivity index (χ3n) is 9.28. The number of esters is 2. The summed E-state index contributed by atoms with van der Waals surface area (Å²) < 4.78 is 21.5. The monoisotopic (exact) mass is 650 g/mol. The van der Waals surface area contributed by atoms with E-state index in [0.29, 0.717) is 29.8 Å². The van der Waals surface area contributed by atoms with Crippen LogP contribution in [0.15, 0.2) is 58.4 Å². The standard InChI is InChI=1S/C33H38N4O10/c1-6-20-21-14-15-22-25(28(41)36(27(22)40)18-24(39)45-5)26(21)33(16-19-12-10-9-11-13-19)30(34-17-23(38)44-4)47-32(43)37(33)29(20)46-31(42)35(7-2)8-3/h9-14,22,25-26H,6-8,15-18H2,1-5H3/t22?,25?,26?,33-/m0/s1. The lowest BCUT2D eigenvalue weighted by molar-refractivity contribution is -0.151. The minimum Gasteiger partial charge on any atom is -0.468 e. The van der Waals surface area contributed by atoms with Crippen molar-refractivity contribution in [1.82, 2.24) is 14.7 Å². The second kappa shape index (κ2) is 13.4. The van der Waals surface area contributed by atoms with Crippen molar-refractivity contribution in [3.05, 3.63) is 59.0 Å². The van der Waals surface area contributed by atoms with Crippen LogP contribution in [0.5, 0.6) is 0 Å². The second-order valence-electron chi connectivity index (χ2n) is 11.5. The first kappa shape index (κ1) is 33.4. The van der Waals surface area contributed by atoms with E-state index < -0.39 is 72.3 Å². The number of ether oxygens (including phenoxy) is 4. The Morgan fingerprint density at radius 3 is 2.30 bits per heavy atom. The molecule has 1 aromatic carbocycles. The number of rotatable bonds is 10. The number of carbonyl (C=O) groups excluding carboxylic acids is 6. The van der Waals surface area contributed by atoms with Gasteiger partial charge in [0.15, 0.2) is 0 Å². The Bertz CT molecular complexity index is 1580. The Kier molecular flexibility index (Phi) is 9.50. The fraction of sp³-hybridized carbons (Fsp3) is 0.485. The van der Waals surface area contributed by atoms with Gasteiger partial charge in [0, 0.05) is 31.0 Å². The number of hydrogen-bond acceptors (Lipinski definition) is 11. The first-order valence-corrected chi connectivity index (χ1v) is 15.6. The lowest BCUT2D eigenvalue weighted by Crippen LogP contribution is -2.63. The number of hydrogen-bond donors (Lipinski definition) is 0. The SMILES string of the molecule is CCC1=C(OC(=O)N(CC)CC)N2C(=O)OC(=NCC(=O)OC)[C@]2(Cc2ccccc2)C2C1=CCC1C(=O)N(CC(=O)OC)C(=O)C12. The highest BCUT2D eigenvalue weighted by Gasteiger charge is 2.70. The van der Waals surface area contributed by atoms with Gasteiger partial charge in [-0.3, -0.25) is 24.1 Å². The van der Waals surface area contributed by atoms with Gasteiger partial charge in [-0.1, -0.05) is 43.3 Å². The van der Waals surface area contributed by atoms with Gasteiger partial charge in [0.1, 0.15) is 18.6 Å². The van der Waals surface area contributed by atoms with Gasteiger partial charge >= 0.3 is 24.1 Å². The zero-order valence-corrected chi connectivity index (χ0v) is 27.0. The Morgan fingerprint density at radius 1 is 1.00 bits per heavy atom. The minimum absolute atomic E-state index is 0.00655. The van der Waals surface area contributed by atoms with Crippen LogP contribution in [0.2, 0.25) is 0 Å². The van der Waals surface area contributed by atoms with Crippen LogP contribution in [-0.4, -0.2) is 102 Å². The van der Waals surface area contributed by atoms with Crippen molar-refractivity contribution in [3.63, 3.8) is 0 Å². The van der Waals surface area contributed by atoms with E-state index in [1.807, 2.05) is 31.2 Å². The number of imide groups is 1. The summed E-state index contributed by atoms with van der Waals surface area (Å²) in [7, 11) is 2.36. The first-order valence-electron chi connectivity index (χ1n) is 15.6. The van der Waals surface area contributed by atoms with Crippen molar-refractivity contribution in [2.75, 3.05) is 40.4 Å². The van der Waals surface area contributed by atoms with E-state index in [9.17, 15) is 28.8 Å². The Labute approximate surface area is 271 Å². The molecule has 3 unspecified atom stereocenters. The van der Waals surface area contributed by atoms with Crippen LogP contribution >= 0.6 is 0 Å². The van der Waals surface area contributed by atoms with E-state index in [-0.39, 0.29) is 31.0 Å². The molecule has 1 aromatic rings. The summed E-state index contributed by atoms with van der Waals surface area (Å²) in [5.41, 5.74) is 0.112. The molecule has 3 aliphatic heterocycles. The number of amides is 4. The molecule has 1 aliphatic carbocycles. The predicted molar refractivity (Wildman–Crippen MR) is 164 cm³/mol. The van der Waals surface area contributed by atoms with Gasteiger partial charge in [-0.2, -0.15) is 0 Å². The molecule has 2 fully saturated rings. The quantitative estimate of drug-likeness (QED) is 0.209. The summed E-state index contributed by atoms with van der Waals surface area (Å²) >= 11 is 0. The highest BCUT2D eigenvalue weighted by molar-refractivity contribution is 6.10. The first-order chi connectivity index (χ1) is 22.6. The number of carbonyl (C=O) groups is 6. The van der Waals surface area contributed by atoms with Gasteiger partial charge in [-0.25, -0.2) is 19.5 Å². The molecular formula is C33H38N4O10. The van der Waals surface area contributed by atoms with Crippen LogP contribution in [0.1, 0.15) is 39.2 Å². The molecule has 4 aliphatic rings. The highest BCUT2D eigenvalue weighted by Crippen LogP contribution is 2.58. The smallest absolute Gasteiger partial charge is 0.424 e. The van der Waals surface area contributed by atoms with Gasteiger partial charge in [0.25, 0.3) is 0 Å². The zero-order chi connectivity index (χ0) is 34.0. The number of aliphatic imine (C=N–C) groups is 1. The molecule has 4 atom stereocenters. The van der Waals surface area contributed by atoms with Crippen LogP contribution in [0.3, 0.4) is 0 Å². The molecule has 14 nitrogen and oxygen atoms in total. The predicted octanol–water partition coefficient (Wildman–Crippen LogP) is 2.83. The van der Waals surface area contributed by atoms with Crippen molar-refractivity contribution in [1.29, 1.82) is 0 Å². The van der Waals surface area contributed by atoms with E-state index in [1.165, 1.54) is 24.0 Å². The summed E-state index contributed by atoms with van der Waals surface area (Å²) in [6.45, 7) is 5.03. The van der Waals surface area contributed by atoms with E-state index in [0.717, 1.165) is 4.90 Å². The summed E-state index contributed by atoms with van der Waals surface area (Å²) in [6, 6.07) is 9.08. The Balaban J connectivity index is 1.80. The molecule has 250 valence electrons. The minimum atomic E-state index is -1.67. The van der Waals surface area contributed by atoms with E-state index in [4.69, 9.17) is 18.9 Å². The number of methoxy groups -OCH3 is 2. The Morgan fingerprint density at radius 2 is 1.68 bits per heavy atom.